The third kappa shape index (κ3) is 3.76. The van der Waals surface area contributed by atoms with Crippen molar-refractivity contribution in [3.63, 3.8) is 0 Å². The van der Waals surface area contributed by atoms with Crippen LogP contribution in [0.15, 0.2) is 59.5 Å². The molecule has 0 bridgehead atoms. The highest BCUT2D eigenvalue weighted by atomic mass is 32.2. The van der Waals surface area contributed by atoms with Gasteiger partial charge in [0.15, 0.2) is 9.84 Å². The van der Waals surface area contributed by atoms with Gasteiger partial charge in [0.05, 0.1) is 23.3 Å². The number of carbonyl (C=O) groups excluding carboxylic acids is 1. The van der Waals surface area contributed by atoms with E-state index in [9.17, 15) is 13.2 Å². The quantitative estimate of drug-likeness (QED) is 0.817. The van der Waals surface area contributed by atoms with Crippen molar-refractivity contribution >= 4 is 15.7 Å². The maximum atomic E-state index is 12.1. The number of carbonyl (C=O) groups is 1. The molecular weight excluding hydrogens is 326 g/mol. The van der Waals surface area contributed by atoms with E-state index in [1.807, 2.05) is 30.3 Å². The number of fused-ring (bicyclic) bond motifs is 1. The summed E-state index contributed by atoms with van der Waals surface area (Å²) in [4.78, 5) is 12.4. The molecule has 5 nitrogen and oxygen atoms in total. The van der Waals surface area contributed by atoms with E-state index in [4.69, 9.17) is 4.74 Å². The molecule has 1 heterocycles. The van der Waals surface area contributed by atoms with Crippen molar-refractivity contribution in [2.75, 3.05) is 12.4 Å². The van der Waals surface area contributed by atoms with Gasteiger partial charge in [-0.3, -0.25) is 4.79 Å². The average molecular weight is 345 g/mol. The molecule has 2 aromatic carbocycles. The van der Waals surface area contributed by atoms with E-state index in [2.05, 4.69) is 5.32 Å². The lowest BCUT2D eigenvalue weighted by atomic mass is 10.1. The third-order valence-electron chi connectivity index (χ3n) is 3.91. The third-order valence-corrected chi connectivity index (χ3v) is 5.72. The van der Waals surface area contributed by atoms with Gasteiger partial charge in [-0.15, -0.1) is 0 Å². The Morgan fingerprint density at radius 3 is 2.58 bits per heavy atom. The largest absolute Gasteiger partial charge is 0.494 e. The van der Waals surface area contributed by atoms with Crippen LogP contribution in [0, 0.1) is 0 Å². The van der Waals surface area contributed by atoms with E-state index in [1.54, 1.807) is 24.3 Å². The highest BCUT2D eigenvalue weighted by molar-refractivity contribution is 7.91. The molecule has 0 saturated carbocycles. The van der Waals surface area contributed by atoms with Crippen molar-refractivity contribution in [3.05, 3.63) is 60.2 Å². The van der Waals surface area contributed by atoms with Crippen LogP contribution in [0.3, 0.4) is 0 Å². The van der Waals surface area contributed by atoms with Crippen LogP contribution >= 0.6 is 0 Å². The normalized spacial score (nSPS) is 17.9. The fourth-order valence-electron chi connectivity index (χ4n) is 2.78. The number of sulfone groups is 1. The number of benzene rings is 2. The zero-order valence-electron chi connectivity index (χ0n) is 13.1. The standard InChI is InChI=1S/C18H19NO4S/c20-18(11-6-12-23-14-7-2-1-3-8-14)19-16-13-24(21,22)17-10-5-4-9-15(16)17/h1-5,7-10,16H,6,11-13H2,(H,19,20)/t16-/m0/s1. The van der Waals surface area contributed by atoms with Gasteiger partial charge >= 0.3 is 0 Å². The SMILES string of the molecule is O=C(CCCOc1ccccc1)N[C@H]1CS(=O)(=O)c2ccccc21. The highest BCUT2D eigenvalue weighted by Crippen LogP contribution is 2.32. The number of amides is 1. The van der Waals surface area contributed by atoms with E-state index in [0.717, 1.165) is 5.75 Å². The van der Waals surface area contributed by atoms with Crippen LogP contribution in [0.5, 0.6) is 5.75 Å². The summed E-state index contributed by atoms with van der Waals surface area (Å²) in [5.41, 5.74) is 0.673. The number of hydrogen-bond donors (Lipinski definition) is 1. The molecule has 126 valence electrons. The zero-order chi connectivity index (χ0) is 17.0. The van der Waals surface area contributed by atoms with Gasteiger partial charge in [-0.2, -0.15) is 0 Å². The molecule has 1 aliphatic rings. The van der Waals surface area contributed by atoms with Gasteiger partial charge in [-0.05, 0) is 30.2 Å². The van der Waals surface area contributed by atoms with Crippen molar-refractivity contribution in [2.24, 2.45) is 0 Å². The molecule has 3 rings (SSSR count). The van der Waals surface area contributed by atoms with Crippen LogP contribution in [-0.2, 0) is 14.6 Å². The molecule has 0 aliphatic carbocycles. The van der Waals surface area contributed by atoms with Gasteiger partial charge in [0, 0.05) is 6.42 Å². The van der Waals surface area contributed by atoms with Crippen molar-refractivity contribution < 1.29 is 17.9 Å². The first-order chi connectivity index (χ1) is 11.6. The monoisotopic (exact) mass is 345 g/mol. The van der Waals surface area contributed by atoms with Gasteiger partial charge in [0.2, 0.25) is 5.91 Å². The number of ether oxygens (including phenoxy) is 1. The van der Waals surface area contributed by atoms with Crippen LogP contribution in [0.2, 0.25) is 0 Å². The Balaban J connectivity index is 1.49. The summed E-state index contributed by atoms with van der Waals surface area (Å²) in [6, 6.07) is 15.8. The lowest BCUT2D eigenvalue weighted by Gasteiger charge is -2.13. The van der Waals surface area contributed by atoms with E-state index in [-0.39, 0.29) is 11.7 Å². The summed E-state index contributed by atoms with van der Waals surface area (Å²) < 4.78 is 29.7. The molecule has 1 N–H and O–H groups in total. The first kappa shape index (κ1) is 16.5. The predicted octanol–water partition coefficient (Wildman–Crippen LogP) is 2.49. The molecule has 0 fully saturated rings. The maximum absolute atomic E-state index is 12.1. The van der Waals surface area contributed by atoms with Gasteiger partial charge in [-0.25, -0.2) is 8.42 Å². The molecule has 24 heavy (non-hydrogen) atoms. The summed E-state index contributed by atoms with van der Waals surface area (Å²) in [7, 11) is -3.30. The Kier molecular flexibility index (Phi) is 4.85. The molecule has 0 saturated heterocycles. The number of nitrogens with one attached hydrogen (secondary N) is 1. The van der Waals surface area contributed by atoms with E-state index < -0.39 is 15.9 Å². The van der Waals surface area contributed by atoms with Crippen LogP contribution < -0.4 is 10.1 Å². The number of para-hydroxylation sites is 1. The maximum Gasteiger partial charge on any atom is 0.220 e. The minimum atomic E-state index is -3.30. The van der Waals surface area contributed by atoms with Crippen molar-refractivity contribution in [1.82, 2.24) is 5.32 Å². The van der Waals surface area contributed by atoms with Crippen LogP contribution in [0.25, 0.3) is 0 Å². The Hall–Kier alpha value is -2.34. The molecule has 1 aliphatic heterocycles. The number of hydrogen-bond acceptors (Lipinski definition) is 4. The Labute approximate surface area is 141 Å². The Morgan fingerprint density at radius 1 is 1.08 bits per heavy atom. The molecule has 0 radical (unpaired) electrons. The Morgan fingerprint density at radius 2 is 1.79 bits per heavy atom. The molecule has 1 amide bonds. The smallest absolute Gasteiger partial charge is 0.220 e. The lowest BCUT2D eigenvalue weighted by Crippen LogP contribution is -2.29. The molecule has 0 spiro atoms. The number of rotatable bonds is 6. The van der Waals surface area contributed by atoms with Crippen LogP contribution in [-0.4, -0.2) is 26.7 Å². The average Bonchev–Trinajstić information content (AvgIpc) is 2.84. The summed E-state index contributed by atoms with van der Waals surface area (Å²) in [5.74, 6) is 0.538. The minimum Gasteiger partial charge on any atom is -0.494 e. The summed E-state index contributed by atoms with van der Waals surface area (Å²) in [5, 5.41) is 2.82. The Bertz CT molecular complexity index is 818. The topological polar surface area (TPSA) is 72.5 Å². The van der Waals surface area contributed by atoms with E-state index in [0.29, 0.717) is 29.9 Å². The predicted molar refractivity (Wildman–Crippen MR) is 90.5 cm³/mol. The minimum absolute atomic E-state index is 0.0708. The van der Waals surface area contributed by atoms with Crippen molar-refractivity contribution in [2.45, 2.75) is 23.8 Å². The molecule has 1 atom stereocenters. The zero-order valence-corrected chi connectivity index (χ0v) is 14.0. The first-order valence-electron chi connectivity index (χ1n) is 7.85. The van der Waals surface area contributed by atoms with Gasteiger partial charge in [0.1, 0.15) is 5.75 Å². The summed E-state index contributed by atoms with van der Waals surface area (Å²) in [6.45, 7) is 0.441. The van der Waals surface area contributed by atoms with Gasteiger partial charge in [0.25, 0.3) is 0 Å². The lowest BCUT2D eigenvalue weighted by molar-refractivity contribution is -0.121. The molecule has 2 aromatic rings. The molecule has 0 aromatic heterocycles. The van der Waals surface area contributed by atoms with E-state index in [1.165, 1.54) is 0 Å². The summed E-state index contributed by atoms with van der Waals surface area (Å²) in [6.07, 6.45) is 0.868. The fourth-order valence-corrected chi connectivity index (χ4v) is 4.51. The van der Waals surface area contributed by atoms with Gasteiger partial charge in [-0.1, -0.05) is 36.4 Å². The summed E-state index contributed by atoms with van der Waals surface area (Å²) >= 11 is 0. The van der Waals surface area contributed by atoms with Crippen LogP contribution in [0.1, 0.15) is 24.4 Å². The molecule has 6 heteroatoms. The highest BCUT2D eigenvalue weighted by Gasteiger charge is 2.34. The first-order valence-corrected chi connectivity index (χ1v) is 9.50. The second kappa shape index (κ2) is 7.05. The van der Waals surface area contributed by atoms with Crippen molar-refractivity contribution in [1.29, 1.82) is 0 Å². The molecule has 0 unspecified atom stereocenters. The fraction of sp³-hybridized carbons (Fsp3) is 0.278. The van der Waals surface area contributed by atoms with Crippen molar-refractivity contribution in [3.8, 4) is 5.75 Å². The second-order valence-electron chi connectivity index (χ2n) is 5.70. The van der Waals surface area contributed by atoms with E-state index >= 15 is 0 Å². The molecular formula is C18H19NO4S. The second-order valence-corrected chi connectivity index (χ2v) is 7.71. The van der Waals surface area contributed by atoms with Gasteiger partial charge < -0.3 is 10.1 Å². The van der Waals surface area contributed by atoms with Crippen LogP contribution in [0.4, 0.5) is 0 Å².